The molecule has 0 bridgehead atoms. The van der Waals surface area contributed by atoms with E-state index in [4.69, 9.17) is 14.6 Å². The van der Waals surface area contributed by atoms with E-state index in [-0.39, 0.29) is 11.9 Å². The second-order valence-corrected chi connectivity index (χ2v) is 6.90. The summed E-state index contributed by atoms with van der Waals surface area (Å²) in [4.78, 5) is 0. The fraction of sp³-hybridized carbons (Fsp3) is 0.174. The van der Waals surface area contributed by atoms with Crippen molar-refractivity contribution in [2.45, 2.75) is 18.7 Å². The van der Waals surface area contributed by atoms with Gasteiger partial charge in [0.1, 0.15) is 17.3 Å². The Morgan fingerprint density at radius 3 is 2.46 bits per heavy atom. The normalized spacial score (nSPS) is 20.1. The minimum absolute atomic E-state index is 0.0555. The van der Waals surface area contributed by atoms with Crippen molar-refractivity contribution in [1.29, 1.82) is 0 Å². The lowest BCUT2D eigenvalue weighted by atomic mass is 9.96. The van der Waals surface area contributed by atoms with Gasteiger partial charge in [-0.25, -0.2) is 9.40 Å². The first-order valence-corrected chi connectivity index (χ1v) is 9.25. The summed E-state index contributed by atoms with van der Waals surface area (Å²) >= 11 is 0. The molecule has 0 saturated carbocycles. The van der Waals surface area contributed by atoms with E-state index in [1.165, 1.54) is 12.1 Å². The maximum Gasteiger partial charge on any atom is 0.217 e. The third kappa shape index (κ3) is 2.71. The van der Waals surface area contributed by atoms with Crippen LogP contribution in [0.5, 0.6) is 11.5 Å². The minimum Gasteiger partial charge on any atom is -0.496 e. The van der Waals surface area contributed by atoms with Crippen molar-refractivity contribution in [3.63, 3.8) is 0 Å². The van der Waals surface area contributed by atoms with Crippen LogP contribution in [0.3, 0.4) is 0 Å². The molecule has 0 spiro atoms. The van der Waals surface area contributed by atoms with Crippen molar-refractivity contribution >= 4 is 5.71 Å². The predicted molar refractivity (Wildman–Crippen MR) is 105 cm³/mol. The van der Waals surface area contributed by atoms with Crippen LogP contribution >= 0.6 is 0 Å². The predicted octanol–water partition coefficient (Wildman–Crippen LogP) is 5.08. The van der Waals surface area contributed by atoms with Crippen LogP contribution in [0.2, 0.25) is 0 Å². The molecule has 0 aromatic heterocycles. The molecule has 4 nitrogen and oxygen atoms in total. The van der Waals surface area contributed by atoms with Crippen molar-refractivity contribution in [2.24, 2.45) is 5.10 Å². The summed E-state index contributed by atoms with van der Waals surface area (Å²) in [5, 5.41) is 6.89. The molecule has 0 radical (unpaired) electrons. The van der Waals surface area contributed by atoms with Gasteiger partial charge in [0, 0.05) is 12.0 Å². The van der Waals surface area contributed by atoms with Gasteiger partial charge in [0.05, 0.1) is 24.4 Å². The first-order valence-electron chi connectivity index (χ1n) is 9.25. The van der Waals surface area contributed by atoms with Crippen molar-refractivity contribution < 1.29 is 13.9 Å². The zero-order chi connectivity index (χ0) is 19.1. The van der Waals surface area contributed by atoms with Gasteiger partial charge < -0.3 is 9.47 Å². The highest BCUT2D eigenvalue weighted by atomic mass is 19.1. The molecule has 2 heterocycles. The summed E-state index contributed by atoms with van der Waals surface area (Å²) in [5.74, 6) is 1.37. The molecule has 0 N–H and O–H groups in total. The van der Waals surface area contributed by atoms with Crippen LogP contribution in [-0.4, -0.2) is 17.8 Å². The Balaban J connectivity index is 1.61. The van der Waals surface area contributed by atoms with Gasteiger partial charge in [-0.3, -0.25) is 0 Å². The molecule has 3 aromatic carbocycles. The Bertz CT molecular complexity index is 1050. The third-order valence-electron chi connectivity index (χ3n) is 5.28. The van der Waals surface area contributed by atoms with Gasteiger partial charge in [0.15, 0.2) is 0 Å². The van der Waals surface area contributed by atoms with Crippen LogP contribution in [0.15, 0.2) is 77.9 Å². The summed E-state index contributed by atoms with van der Waals surface area (Å²) < 4.78 is 25.3. The van der Waals surface area contributed by atoms with Crippen molar-refractivity contribution in [3.05, 3.63) is 95.3 Å². The molecule has 5 heteroatoms. The van der Waals surface area contributed by atoms with Crippen LogP contribution in [0, 0.1) is 5.82 Å². The van der Waals surface area contributed by atoms with Crippen molar-refractivity contribution in [1.82, 2.24) is 5.01 Å². The average molecular weight is 374 g/mol. The summed E-state index contributed by atoms with van der Waals surface area (Å²) in [6.45, 7) is 0. The Hall–Kier alpha value is -3.34. The van der Waals surface area contributed by atoms with Gasteiger partial charge in [0.2, 0.25) is 6.23 Å². The van der Waals surface area contributed by atoms with Crippen LogP contribution < -0.4 is 9.47 Å². The Morgan fingerprint density at radius 2 is 1.68 bits per heavy atom. The van der Waals surface area contributed by atoms with E-state index in [0.717, 1.165) is 40.3 Å². The number of hydrogen-bond acceptors (Lipinski definition) is 4. The highest BCUT2D eigenvalue weighted by Gasteiger charge is 2.41. The largest absolute Gasteiger partial charge is 0.496 e. The van der Waals surface area contributed by atoms with Crippen molar-refractivity contribution in [3.8, 4) is 11.5 Å². The Kier molecular flexibility index (Phi) is 4.01. The molecule has 2 aliphatic heterocycles. The van der Waals surface area contributed by atoms with Gasteiger partial charge >= 0.3 is 0 Å². The third-order valence-corrected chi connectivity index (χ3v) is 5.28. The monoisotopic (exact) mass is 374 g/mol. The molecule has 3 aromatic rings. The van der Waals surface area contributed by atoms with Gasteiger partial charge in [-0.15, -0.1) is 0 Å². The van der Waals surface area contributed by atoms with Gasteiger partial charge in [0.25, 0.3) is 0 Å². The number of fused-ring (bicyclic) bond motifs is 3. The molecule has 0 fully saturated rings. The zero-order valence-electron chi connectivity index (χ0n) is 15.4. The van der Waals surface area contributed by atoms with E-state index >= 15 is 0 Å². The molecule has 0 amide bonds. The van der Waals surface area contributed by atoms with Crippen LogP contribution in [-0.2, 0) is 0 Å². The first-order chi connectivity index (χ1) is 13.7. The van der Waals surface area contributed by atoms with Crippen LogP contribution in [0.4, 0.5) is 4.39 Å². The topological polar surface area (TPSA) is 34.1 Å². The number of methoxy groups -OCH3 is 1. The molecule has 2 aliphatic rings. The number of halogens is 1. The molecule has 140 valence electrons. The van der Waals surface area contributed by atoms with Crippen LogP contribution in [0.25, 0.3) is 0 Å². The number of hydrogen-bond donors (Lipinski definition) is 0. The average Bonchev–Trinajstić information content (AvgIpc) is 3.19. The summed E-state index contributed by atoms with van der Waals surface area (Å²) in [7, 11) is 1.66. The fourth-order valence-corrected chi connectivity index (χ4v) is 3.93. The Labute approximate surface area is 162 Å². The molecule has 5 rings (SSSR count). The fourth-order valence-electron chi connectivity index (χ4n) is 3.93. The molecule has 2 atom stereocenters. The number of benzene rings is 3. The van der Waals surface area contributed by atoms with E-state index in [0.29, 0.717) is 0 Å². The number of ether oxygens (including phenoxy) is 2. The molecule has 0 unspecified atom stereocenters. The van der Waals surface area contributed by atoms with E-state index in [1.54, 1.807) is 19.2 Å². The van der Waals surface area contributed by atoms with E-state index in [1.807, 2.05) is 47.5 Å². The van der Waals surface area contributed by atoms with Gasteiger partial charge in [-0.2, -0.15) is 5.10 Å². The number of nitrogens with zero attached hydrogens (tertiary/aromatic N) is 2. The SMILES string of the molecule is COc1ccccc1[C@@H]1Oc2ccccc2[C@H]2CC(c3ccc(F)cc3)=NN21. The van der Waals surface area contributed by atoms with E-state index in [9.17, 15) is 4.39 Å². The first kappa shape index (κ1) is 16.8. The zero-order valence-corrected chi connectivity index (χ0v) is 15.4. The summed E-state index contributed by atoms with van der Waals surface area (Å²) in [5.41, 5.74) is 3.88. The number of para-hydroxylation sites is 2. The lowest BCUT2D eigenvalue weighted by Gasteiger charge is -2.38. The Morgan fingerprint density at radius 1 is 0.964 bits per heavy atom. The van der Waals surface area contributed by atoms with Crippen molar-refractivity contribution in [2.75, 3.05) is 7.11 Å². The van der Waals surface area contributed by atoms with Gasteiger partial charge in [-0.05, 0) is 35.9 Å². The lowest BCUT2D eigenvalue weighted by Crippen LogP contribution is -2.33. The standard InChI is InChI=1S/C23H19FN2O2/c1-27-21-8-4-3-7-18(21)23-26-20(17-6-2-5-9-22(17)28-23)14-19(25-26)15-10-12-16(24)13-11-15/h2-13,20,23H,14H2,1H3/t20-,23+/m1/s1. The maximum absolute atomic E-state index is 13.3. The van der Waals surface area contributed by atoms with E-state index in [2.05, 4.69) is 6.07 Å². The van der Waals surface area contributed by atoms with Gasteiger partial charge in [-0.1, -0.05) is 42.5 Å². The maximum atomic E-state index is 13.3. The second kappa shape index (κ2) is 6.68. The quantitative estimate of drug-likeness (QED) is 0.641. The molecule has 0 saturated heterocycles. The minimum atomic E-state index is -0.394. The molecule has 28 heavy (non-hydrogen) atoms. The van der Waals surface area contributed by atoms with E-state index < -0.39 is 6.23 Å². The smallest absolute Gasteiger partial charge is 0.217 e. The summed E-state index contributed by atoms with van der Waals surface area (Å²) in [6.07, 6.45) is 0.339. The number of rotatable bonds is 3. The second-order valence-electron chi connectivity index (χ2n) is 6.90. The highest BCUT2D eigenvalue weighted by Crippen LogP contribution is 2.48. The molecular weight excluding hydrogens is 355 g/mol. The summed E-state index contributed by atoms with van der Waals surface area (Å²) in [6, 6.07) is 22.4. The van der Waals surface area contributed by atoms with Crippen LogP contribution in [0.1, 0.15) is 35.4 Å². The molecular formula is C23H19FN2O2. The molecule has 0 aliphatic carbocycles. The lowest BCUT2D eigenvalue weighted by molar-refractivity contribution is -0.0203. The highest BCUT2D eigenvalue weighted by molar-refractivity contribution is 6.01. The number of hydrazone groups is 1.